The molecule has 160 valence electrons. The van der Waals surface area contributed by atoms with Crippen LogP contribution in [-0.4, -0.2) is 53.9 Å². The highest BCUT2D eigenvalue weighted by Crippen LogP contribution is 2.16. The minimum absolute atomic E-state index is 0.120. The molecule has 0 unspecified atom stereocenters. The fourth-order valence-corrected chi connectivity index (χ4v) is 3.23. The molecule has 30 heavy (non-hydrogen) atoms. The fourth-order valence-electron chi connectivity index (χ4n) is 2.54. The highest BCUT2D eigenvalue weighted by atomic mass is 32.1. The second-order valence-corrected chi connectivity index (χ2v) is 7.32. The molecule has 0 fully saturated rings. The molecule has 0 aliphatic heterocycles. The van der Waals surface area contributed by atoms with Crippen LogP contribution in [0, 0.1) is 6.92 Å². The predicted molar refractivity (Wildman–Crippen MR) is 118 cm³/mol. The first-order chi connectivity index (χ1) is 14.4. The van der Waals surface area contributed by atoms with E-state index < -0.39 is 18.5 Å². The first-order valence-electron chi connectivity index (χ1n) is 9.55. The van der Waals surface area contributed by atoms with Gasteiger partial charge in [0.2, 0.25) is 5.91 Å². The molecule has 1 aromatic carbocycles. The van der Waals surface area contributed by atoms with Gasteiger partial charge in [-0.05, 0) is 25.0 Å². The number of hydrogen-bond acceptors (Lipinski definition) is 7. The van der Waals surface area contributed by atoms with Crippen molar-refractivity contribution in [3.8, 4) is 0 Å². The molecular formula is C21H26N4O4S. The number of carbonyl (C=O) groups is 3. The van der Waals surface area contributed by atoms with Crippen LogP contribution >= 0.6 is 11.3 Å². The van der Waals surface area contributed by atoms with E-state index >= 15 is 0 Å². The number of thiazole rings is 1. The lowest BCUT2D eigenvalue weighted by Crippen LogP contribution is -2.40. The Labute approximate surface area is 179 Å². The van der Waals surface area contributed by atoms with Gasteiger partial charge < -0.3 is 20.3 Å². The Hall–Kier alpha value is -3.20. The van der Waals surface area contributed by atoms with Crippen LogP contribution in [0.25, 0.3) is 0 Å². The quantitative estimate of drug-likeness (QED) is 0.420. The van der Waals surface area contributed by atoms with Gasteiger partial charge in [-0.1, -0.05) is 31.2 Å². The Balaban J connectivity index is 1.89. The zero-order valence-corrected chi connectivity index (χ0v) is 18.0. The Kier molecular flexibility index (Phi) is 9.02. The molecule has 0 aliphatic rings. The molecule has 9 heteroatoms. The number of amides is 2. The van der Waals surface area contributed by atoms with Crippen molar-refractivity contribution >= 4 is 39.9 Å². The minimum Gasteiger partial charge on any atom is -0.451 e. The normalized spacial score (nSPS) is 10.2. The van der Waals surface area contributed by atoms with Crippen molar-refractivity contribution in [1.82, 2.24) is 9.88 Å². The van der Waals surface area contributed by atoms with Crippen molar-refractivity contribution in [2.75, 3.05) is 36.9 Å². The number of rotatable bonds is 11. The average Bonchev–Trinajstić information content (AvgIpc) is 3.20. The van der Waals surface area contributed by atoms with Gasteiger partial charge in [-0.15, -0.1) is 17.9 Å². The van der Waals surface area contributed by atoms with Gasteiger partial charge in [-0.25, -0.2) is 9.78 Å². The van der Waals surface area contributed by atoms with Crippen LogP contribution in [0.5, 0.6) is 0 Å². The zero-order chi connectivity index (χ0) is 21.9. The van der Waals surface area contributed by atoms with Crippen molar-refractivity contribution in [1.29, 1.82) is 0 Å². The van der Waals surface area contributed by atoms with E-state index in [2.05, 4.69) is 22.2 Å². The molecule has 2 N–H and O–H groups in total. The molecule has 0 saturated heterocycles. The maximum absolute atomic E-state index is 12.5. The second kappa shape index (κ2) is 11.7. The van der Waals surface area contributed by atoms with Crippen molar-refractivity contribution < 1.29 is 19.1 Å². The molecule has 1 aromatic heterocycles. The maximum atomic E-state index is 12.5. The Morgan fingerprint density at radius 3 is 2.77 bits per heavy atom. The van der Waals surface area contributed by atoms with E-state index in [9.17, 15) is 14.4 Å². The number of hydrogen-bond donors (Lipinski definition) is 2. The van der Waals surface area contributed by atoms with E-state index in [1.165, 1.54) is 16.2 Å². The van der Waals surface area contributed by atoms with Crippen molar-refractivity contribution in [2.45, 2.75) is 20.3 Å². The predicted octanol–water partition coefficient (Wildman–Crippen LogP) is 3.08. The van der Waals surface area contributed by atoms with E-state index in [4.69, 9.17) is 4.74 Å². The van der Waals surface area contributed by atoms with Crippen molar-refractivity contribution in [3.63, 3.8) is 0 Å². The van der Waals surface area contributed by atoms with Gasteiger partial charge in [0.15, 0.2) is 17.4 Å². The summed E-state index contributed by atoms with van der Waals surface area (Å²) < 4.78 is 5.09. The minimum atomic E-state index is -0.688. The average molecular weight is 431 g/mol. The number of benzene rings is 1. The number of para-hydroxylation sites is 1. The fraction of sp³-hybridized carbons (Fsp3) is 0.333. The highest BCUT2D eigenvalue weighted by molar-refractivity contribution is 7.13. The number of carbonyl (C=O) groups excluding carboxylic acids is 3. The first kappa shape index (κ1) is 23.1. The number of esters is 1. The summed E-state index contributed by atoms with van der Waals surface area (Å²) in [5.74, 6) is -1.44. The summed E-state index contributed by atoms with van der Waals surface area (Å²) in [6.45, 7) is 7.72. The van der Waals surface area contributed by atoms with E-state index in [0.717, 1.165) is 5.56 Å². The second-order valence-electron chi connectivity index (χ2n) is 6.46. The molecule has 0 atom stereocenters. The summed E-state index contributed by atoms with van der Waals surface area (Å²) in [6.07, 6.45) is 2.34. The third kappa shape index (κ3) is 7.00. The van der Waals surface area contributed by atoms with Gasteiger partial charge in [0, 0.05) is 24.2 Å². The van der Waals surface area contributed by atoms with Crippen molar-refractivity contribution in [2.24, 2.45) is 0 Å². The summed E-state index contributed by atoms with van der Waals surface area (Å²) in [4.78, 5) is 42.5. The number of anilines is 2. The lowest BCUT2D eigenvalue weighted by atomic mass is 10.2. The standard InChI is InChI=1S/C21H26N4O4S/c1-4-10-22-21-24-17(14-30-21)20(28)29-13-19(27)25(11-5-2)12-18(26)23-16-9-7-6-8-15(16)3/h4,6-9,14H,1,5,10-13H2,2-3H3,(H,22,24)(H,23,26). The van der Waals surface area contributed by atoms with Gasteiger partial charge in [-0.2, -0.15) is 0 Å². The third-order valence-electron chi connectivity index (χ3n) is 4.04. The van der Waals surface area contributed by atoms with Gasteiger partial charge >= 0.3 is 5.97 Å². The smallest absolute Gasteiger partial charge is 0.358 e. The zero-order valence-electron chi connectivity index (χ0n) is 17.1. The Morgan fingerprint density at radius 1 is 1.30 bits per heavy atom. The number of aryl methyl sites for hydroxylation is 1. The number of nitrogens with zero attached hydrogens (tertiary/aromatic N) is 2. The Bertz CT molecular complexity index is 897. The maximum Gasteiger partial charge on any atom is 0.358 e. The molecule has 2 rings (SSSR count). The highest BCUT2D eigenvalue weighted by Gasteiger charge is 2.20. The monoisotopic (exact) mass is 430 g/mol. The molecule has 8 nitrogen and oxygen atoms in total. The van der Waals surface area contributed by atoms with Crippen LogP contribution in [0.15, 0.2) is 42.3 Å². The molecule has 1 heterocycles. The third-order valence-corrected chi connectivity index (χ3v) is 4.84. The number of nitrogens with one attached hydrogen (secondary N) is 2. The summed E-state index contributed by atoms with van der Waals surface area (Å²) in [7, 11) is 0. The molecule has 2 amide bonds. The summed E-state index contributed by atoms with van der Waals surface area (Å²) >= 11 is 1.26. The lowest BCUT2D eigenvalue weighted by Gasteiger charge is -2.21. The van der Waals surface area contributed by atoms with E-state index in [1.807, 2.05) is 32.0 Å². The number of ether oxygens (including phenoxy) is 1. The van der Waals surface area contributed by atoms with Gasteiger partial charge in [0.1, 0.15) is 0 Å². The van der Waals surface area contributed by atoms with Crippen LogP contribution in [0.2, 0.25) is 0 Å². The van der Waals surface area contributed by atoms with Crippen LogP contribution < -0.4 is 10.6 Å². The van der Waals surface area contributed by atoms with Gasteiger partial charge in [-0.3, -0.25) is 9.59 Å². The largest absolute Gasteiger partial charge is 0.451 e. The van der Waals surface area contributed by atoms with E-state index in [1.54, 1.807) is 17.5 Å². The Morgan fingerprint density at radius 2 is 2.07 bits per heavy atom. The van der Waals surface area contributed by atoms with Gasteiger partial charge in [0.25, 0.3) is 5.91 Å². The van der Waals surface area contributed by atoms with Crippen LogP contribution in [0.4, 0.5) is 10.8 Å². The lowest BCUT2D eigenvalue weighted by molar-refractivity contribution is -0.137. The van der Waals surface area contributed by atoms with Crippen LogP contribution in [0.1, 0.15) is 29.4 Å². The molecule has 0 spiro atoms. The van der Waals surface area contributed by atoms with Gasteiger partial charge in [0.05, 0.1) is 6.54 Å². The van der Waals surface area contributed by atoms with Crippen molar-refractivity contribution in [3.05, 3.63) is 53.6 Å². The molecule has 0 aliphatic carbocycles. The van der Waals surface area contributed by atoms with Crippen LogP contribution in [-0.2, 0) is 14.3 Å². The molecule has 0 radical (unpaired) electrons. The molecular weight excluding hydrogens is 404 g/mol. The summed E-state index contributed by atoms with van der Waals surface area (Å²) in [6, 6.07) is 7.40. The van der Waals surface area contributed by atoms with E-state index in [0.29, 0.717) is 30.3 Å². The number of aromatic nitrogens is 1. The topological polar surface area (TPSA) is 101 Å². The molecule has 0 saturated carbocycles. The SMILES string of the molecule is C=CCNc1nc(C(=O)OCC(=O)N(CCC)CC(=O)Nc2ccccc2C)cs1. The van der Waals surface area contributed by atoms with Crippen LogP contribution in [0.3, 0.4) is 0 Å². The first-order valence-corrected chi connectivity index (χ1v) is 10.4. The summed E-state index contributed by atoms with van der Waals surface area (Å²) in [5, 5.41) is 7.89. The molecule has 2 aromatic rings. The van der Waals surface area contributed by atoms with E-state index in [-0.39, 0.29) is 18.1 Å². The molecule has 0 bridgehead atoms. The summed E-state index contributed by atoms with van der Waals surface area (Å²) in [5.41, 5.74) is 1.75.